The van der Waals surface area contributed by atoms with E-state index in [1.165, 1.54) is 6.42 Å². The molecule has 0 radical (unpaired) electrons. The fraction of sp³-hybridized carbons (Fsp3) is 0.533. The molecule has 0 fully saturated rings. The highest BCUT2D eigenvalue weighted by atomic mass is 16.1. The van der Waals surface area contributed by atoms with Crippen LogP contribution in [-0.4, -0.2) is 19.0 Å². The van der Waals surface area contributed by atoms with Crippen LogP contribution in [0.5, 0.6) is 0 Å². The Morgan fingerprint density at radius 2 is 1.83 bits per heavy atom. The largest absolute Gasteiger partial charge is 0.382 e. The Bertz CT molecular complexity index is 373. The summed E-state index contributed by atoms with van der Waals surface area (Å²) < 4.78 is 0. The third kappa shape index (κ3) is 4.40. The van der Waals surface area contributed by atoms with Gasteiger partial charge < -0.3 is 10.6 Å². The smallest absolute Gasteiger partial charge is 0.224 e. The molecule has 0 saturated heterocycles. The molecule has 1 aromatic carbocycles. The van der Waals surface area contributed by atoms with Crippen molar-refractivity contribution in [1.29, 1.82) is 0 Å². The average molecular weight is 248 g/mol. The zero-order chi connectivity index (χ0) is 13.5. The highest BCUT2D eigenvalue weighted by molar-refractivity contribution is 5.78. The summed E-state index contributed by atoms with van der Waals surface area (Å²) in [7, 11) is 1.66. The van der Waals surface area contributed by atoms with Gasteiger partial charge in [-0.1, -0.05) is 32.4 Å². The van der Waals surface area contributed by atoms with Crippen LogP contribution >= 0.6 is 0 Å². The molecule has 1 aromatic rings. The zero-order valence-electron chi connectivity index (χ0n) is 11.8. The van der Waals surface area contributed by atoms with Crippen LogP contribution in [0.4, 0.5) is 5.69 Å². The van der Waals surface area contributed by atoms with Gasteiger partial charge in [0.2, 0.25) is 5.91 Å². The molecule has 1 amide bonds. The topological polar surface area (TPSA) is 41.1 Å². The van der Waals surface area contributed by atoms with Crippen molar-refractivity contribution in [1.82, 2.24) is 5.32 Å². The van der Waals surface area contributed by atoms with Gasteiger partial charge in [-0.25, -0.2) is 0 Å². The number of anilines is 1. The molecule has 2 atom stereocenters. The number of carbonyl (C=O) groups excluding carboxylic acids is 1. The molecule has 0 saturated carbocycles. The number of nitrogens with one attached hydrogen (secondary N) is 2. The minimum Gasteiger partial charge on any atom is -0.382 e. The van der Waals surface area contributed by atoms with Crippen LogP contribution in [0.25, 0.3) is 0 Å². The van der Waals surface area contributed by atoms with Crippen molar-refractivity contribution in [3.8, 4) is 0 Å². The predicted octanol–water partition coefficient (Wildman–Crippen LogP) is 2.82. The third-order valence-corrected chi connectivity index (χ3v) is 3.49. The van der Waals surface area contributed by atoms with Gasteiger partial charge in [-0.3, -0.25) is 4.79 Å². The first kappa shape index (κ1) is 14.6. The average Bonchev–Trinajstić information content (AvgIpc) is 2.39. The highest BCUT2D eigenvalue weighted by Gasteiger charge is 2.09. The van der Waals surface area contributed by atoms with Gasteiger partial charge in [0.1, 0.15) is 0 Å². The van der Waals surface area contributed by atoms with Crippen molar-refractivity contribution in [2.45, 2.75) is 39.7 Å². The zero-order valence-corrected chi connectivity index (χ0v) is 11.8. The quantitative estimate of drug-likeness (QED) is 0.813. The molecule has 0 aliphatic carbocycles. The van der Waals surface area contributed by atoms with E-state index in [2.05, 4.69) is 31.4 Å². The van der Waals surface area contributed by atoms with Crippen LogP contribution in [-0.2, 0) is 11.2 Å². The molecule has 3 nitrogen and oxygen atoms in total. The van der Waals surface area contributed by atoms with E-state index in [-0.39, 0.29) is 5.91 Å². The number of likely N-dealkylation sites (N-methyl/N-ethyl adjacent to an activating group) is 1. The Kier molecular flexibility index (Phi) is 5.69. The van der Waals surface area contributed by atoms with Crippen molar-refractivity contribution in [3.63, 3.8) is 0 Å². The molecule has 0 heterocycles. The SMILES string of the molecule is CCC(C)C(C)Nc1ccc(CC(=O)NC)cc1. The van der Waals surface area contributed by atoms with Crippen molar-refractivity contribution in [2.24, 2.45) is 5.92 Å². The van der Waals surface area contributed by atoms with E-state index in [0.29, 0.717) is 18.4 Å². The summed E-state index contributed by atoms with van der Waals surface area (Å²) in [6.45, 7) is 6.65. The summed E-state index contributed by atoms with van der Waals surface area (Å²) >= 11 is 0. The second-order valence-corrected chi connectivity index (χ2v) is 4.87. The first-order chi connectivity index (χ1) is 8.56. The summed E-state index contributed by atoms with van der Waals surface area (Å²) in [5, 5.41) is 6.11. The maximum atomic E-state index is 11.2. The first-order valence-corrected chi connectivity index (χ1v) is 6.62. The van der Waals surface area contributed by atoms with Gasteiger partial charge in [-0.2, -0.15) is 0 Å². The minimum absolute atomic E-state index is 0.0451. The molecule has 0 bridgehead atoms. The van der Waals surface area contributed by atoms with E-state index in [9.17, 15) is 4.79 Å². The number of benzene rings is 1. The summed E-state index contributed by atoms with van der Waals surface area (Å²) in [5.41, 5.74) is 2.15. The van der Waals surface area contributed by atoms with Gasteiger partial charge in [-0.15, -0.1) is 0 Å². The molecule has 0 aromatic heterocycles. The molecule has 18 heavy (non-hydrogen) atoms. The van der Waals surface area contributed by atoms with E-state index in [1.54, 1.807) is 7.05 Å². The van der Waals surface area contributed by atoms with Crippen molar-refractivity contribution >= 4 is 11.6 Å². The maximum absolute atomic E-state index is 11.2. The summed E-state index contributed by atoms with van der Waals surface area (Å²) in [4.78, 5) is 11.2. The lowest BCUT2D eigenvalue weighted by Crippen LogP contribution is -2.23. The van der Waals surface area contributed by atoms with Crippen LogP contribution < -0.4 is 10.6 Å². The van der Waals surface area contributed by atoms with E-state index in [1.807, 2.05) is 24.3 Å². The van der Waals surface area contributed by atoms with Crippen LogP contribution in [0.2, 0.25) is 0 Å². The van der Waals surface area contributed by atoms with Gasteiger partial charge in [0, 0.05) is 18.8 Å². The van der Waals surface area contributed by atoms with Crippen LogP contribution in [0.1, 0.15) is 32.8 Å². The number of hydrogen-bond acceptors (Lipinski definition) is 2. The van der Waals surface area contributed by atoms with E-state index in [4.69, 9.17) is 0 Å². The molecule has 0 aliphatic heterocycles. The maximum Gasteiger partial charge on any atom is 0.224 e. The Hall–Kier alpha value is -1.51. The molecular weight excluding hydrogens is 224 g/mol. The number of rotatable bonds is 6. The Balaban J connectivity index is 2.57. The van der Waals surface area contributed by atoms with E-state index < -0.39 is 0 Å². The van der Waals surface area contributed by atoms with Crippen LogP contribution in [0, 0.1) is 5.92 Å². The number of amides is 1. The Morgan fingerprint density at radius 1 is 1.22 bits per heavy atom. The van der Waals surface area contributed by atoms with E-state index in [0.717, 1.165) is 11.3 Å². The lowest BCUT2D eigenvalue weighted by molar-refractivity contribution is -0.119. The molecule has 100 valence electrons. The lowest BCUT2D eigenvalue weighted by atomic mass is 10.0. The van der Waals surface area contributed by atoms with Crippen LogP contribution in [0.15, 0.2) is 24.3 Å². The Morgan fingerprint density at radius 3 is 2.33 bits per heavy atom. The van der Waals surface area contributed by atoms with Gasteiger partial charge >= 0.3 is 0 Å². The molecule has 1 rings (SSSR count). The summed E-state index contributed by atoms with van der Waals surface area (Å²) in [5.74, 6) is 0.694. The van der Waals surface area contributed by atoms with Gasteiger partial charge in [0.05, 0.1) is 6.42 Å². The second-order valence-electron chi connectivity index (χ2n) is 4.87. The van der Waals surface area contributed by atoms with E-state index >= 15 is 0 Å². The summed E-state index contributed by atoms with van der Waals surface area (Å²) in [6.07, 6.45) is 1.61. The minimum atomic E-state index is 0.0451. The highest BCUT2D eigenvalue weighted by Crippen LogP contribution is 2.15. The molecule has 2 unspecified atom stereocenters. The first-order valence-electron chi connectivity index (χ1n) is 6.62. The van der Waals surface area contributed by atoms with Crippen LogP contribution in [0.3, 0.4) is 0 Å². The second kappa shape index (κ2) is 7.04. The summed E-state index contributed by atoms with van der Waals surface area (Å²) in [6, 6.07) is 8.54. The monoisotopic (exact) mass is 248 g/mol. The molecule has 0 spiro atoms. The normalized spacial score (nSPS) is 13.8. The fourth-order valence-electron chi connectivity index (χ4n) is 1.75. The fourth-order valence-corrected chi connectivity index (χ4v) is 1.75. The number of carbonyl (C=O) groups is 1. The molecular formula is C15H24N2O. The predicted molar refractivity (Wildman–Crippen MR) is 76.8 cm³/mol. The Labute approximate surface area is 110 Å². The lowest BCUT2D eigenvalue weighted by Gasteiger charge is -2.21. The third-order valence-electron chi connectivity index (χ3n) is 3.49. The van der Waals surface area contributed by atoms with Crippen molar-refractivity contribution in [2.75, 3.05) is 12.4 Å². The van der Waals surface area contributed by atoms with Crippen molar-refractivity contribution < 1.29 is 4.79 Å². The van der Waals surface area contributed by atoms with Gasteiger partial charge in [-0.05, 0) is 30.5 Å². The molecule has 2 N–H and O–H groups in total. The standard InChI is InChI=1S/C15H24N2O/c1-5-11(2)12(3)17-14-8-6-13(7-9-14)10-15(18)16-4/h6-9,11-12,17H,5,10H2,1-4H3,(H,16,18). The van der Waals surface area contributed by atoms with Gasteiger partial charge in [0.25, 0.3) is 0 Å². The molecule has 3 heteroatoms. The van der Waals surface area contributed by atoms with Crippen molar-refractivity contribution in [3.05, 3.63) is 29.8 Å². The number of hydrogen-bond donors (Lipinski definition) is 2. The van der Waals surface area contributed by atoms with Gasteiger partial charge in [0.15, 0.2) is 0 Å². The molecule has 0 aliphatic rings.